The fraction of sp³-hybridized carbons (Fsp3) is 0.625. The van der Waals surface area contributed by atoms with Gasteiger partial charge in [-0.2, -0.15) is 0 Å². The first-order chi connectivity index (χ1) is 8.43. The summed E-state index contributed by atoms with van der Waals surface area (Å²) in [5, 5.41) is 3.43. The fourth-order valence-corrected chi connectivity index (χ4v) is 2.35. The fourth-order valence-electron chi connectivity index (χ4n) is 2.35. The number of hydrogen-bond acceptors (Lipinski definition) is 2. The Kier molecular flexibility index (Phi) is 5.83. The quantitative estimate of drug-likeness (QED) is 0.832. The molecule has 2 nitrogen and oxygen atoms in total. The lowest BCUT2D eigenvalue weighted by atomic mass is 10.0. The molecule has 0 aliphatic carbocycles. The molecule has 1 rings (SSSR count). The van der Waals surface area contributed by atoms with Crippen LogP contribution in [0.25, 0.3) is 0 Å². The Balaban J connectivity index is 2.73. The summed E-state index contributed by atoms with van der Waals surface area (Å²) in [5.74, 6) is 0.715. The van der Waals surface area contributed by atoms with Crippen LogP contribution in [0.2, 0.25) is 0 Å². The lowest BCUT2D eigenvalue weighted by molar-refractivity contribution is 0.267. The molecule has 0 fully saturated rings. The highest BCUT2D eigenvalue weighted by molar-refractivity contribution is 5.31. The minimum absolute atomic E-state index is 0.410. The van der Waals surface area contributed by atoms with E-state index in [0.29, 0.717) is 12.0 Å². The van der Waals surface area contributed by atoms with Gasteiger partial charge in [-0.15, -0.1) is 0 Å². The molecule has 18 heavy (non-hydrogen) atoms. The van der Waals surface area contributed by atoms with Crippen LogP contribution in [-0.4, -0.2) is 32.1 Å². The van der Waals surface area contributed by atoms with Crippen molar-refractivity contribution in [3.63, 3.8) is 0 Å². The Morgan fingerprint density at radius 1 is 1.11 bits per heavy atom. The first kappa shape index (κ1) is 15.2. The summed E-state index contributed by atoms with van der Waals surface area (Å²) in [6.07, 6.45) is 0. The second-order valence-electron chi connectivity index (χ2n) is 5.80. The summed E-state index contributed by atoms with van der Waals surface area (Å²) in [4.78, 5) is 2.40. The monoisotopic (exact) mass is 248 g/mol. The van der Waals surface area contributed by atoms with Crippen LogP contribution in [0.1, 0.15) is 36.6 Å². The largest absolute Gasteiger partial charge is 0.312 e. The van der Waals surface area contributed by atoms with Crippen LogP contribution >= 0.6 is 0 Å². The zero-order chi connectivity index (χ0) is 13.7. The van der Waals surface area contributed by atoms with Crippen LogP contribution in [0.15, 0.2) is 18.2 Å². The van der Waals surface area contributed by atoms with Gasteiger partial charge in [0.25, 0.3) is 0 Å². The number of hydrogen-bond donors (Lipinski definition) is 1. The van der Waals surface area contributed by atoms with E-state index < -0.39 is 0 Å². The molecule has 0 aliphatic heterocycles. The van der Waals surface area contributed by atoms with Crippen LogP contribution in [0.5, 0.6) is 0 Å². The predicted molar refractivity (Wildman–Crippen MR) is 80.1 cm³/mol. The second-order valence-corrected chi connectivity index (χ2v) is 5.80. The third-order valence-electron chi connectivity index (χ3n) is 3.45. The van der Waals surface area contributed by atoms with E-state index in [0.717, 1.165) is 13.1 Å². The molecule has 0 aromatic heterocycles. The molecule has 0 bridgehead atoms. The van der Waals surface area contributed by atoms with Crippen molar-refractivity contribution in [3.05, 3.63) is 34.9 Å². The molecular weight excluding hydrogens is 220 g/mol. The number of rotatable bonds is 6. The zero-order valence-electron chi connectivity index (χ0n) is 12.7. The maximum Gasteiger partial charge on any atom is 0.0446 e. The van der Waals surface area contributed by atoms with Crippen molar-refractivity contribution in [2.75, 3.05) is 27.2 Å². The Hall–Kier alpha value is -0.860. The lowest BCUT2D eigenvalue weighted by Crippen LogP contribution is -2.33. The smallest absolute Gasteiger partial charge is 0.0446 e. The molecule has 1 aromatic carbocycles. The second kappa shape index (κ2) is 6.91. The topological polar surface area (TPSA) is 15.3 Å². The Morgan fingerprint density at radius 3 is 2.28 bits per heavy atom. The number of nitrogens with one attached hydrogen (secondary N) is 1. The molecule has 1 atom stereocenters. The van der Waals surface area contributed by atoms with Gasteiger partial charge >= 0.3 is 0 Å². The summed E-state index contributed by atoms with van der Waals surface area (Å²) in [6, 6.07) is 7.18. The van der Waals surface area contributed by atoms with Gasteiger partial charge in [0.2, 0.25) is 0 Å². The first-order valence-electron chi connectivity index (χ1n) is 6.87. The van der Waals surface area contributed by atoms with Gasteiger partial charge in [-0.3, -0.25) is 0 Å². The highest BCUT2D eigenvalue weighted by Gasteiger charge is 2.13. The van der Waals surface area contributed by atoms with Gasteiger partial charge < -0.3 is 10.2 Å². The molecule has 0 amide bonds. The molecule has 1 unspecified atom stereocenters. The van der Waals surface area contributed by atoms with Gasteiger partial charge in [0, 0.05) is 19.1 Å². The average Bonchev–Trinajstić information content (AvgIpc) is 2.29. The Morgan fingerprint density at radius 2 is 1.78 bits per heavy atom. The third kappa shape index (κ3) is 4.43. The SMILES string of the molecule is CNC(CN(C)CC(C)C)c1ccc(C)c(C)c1. The maximum atomic E-state index is 3.43. The molecule has 0 saturated heterocycles. The van der Waals surface area contributed by atoms with Crippen LogP contribution in [-0.2, 0) is 0 Å². The van der Waals surface area contributed by atoms with Gasteiger partial charge in [0.05, 0.1) is 0 Å². The first-order valence-corrected chi connectivity index (χ1v) is 6.87. The van der Waals surface area contributed by atoms with Crippen molar-refractivity contribution in [1.29, 1.82) is 0 Å². The van der Waals surface area contributed by atoms with E-state index in [-0.39, 0.29) is 0 Å². The van der Waals surface area contributed by atoms with Crippen LogP contribution in [0.3, 0.4) is 0 Å². The van der Waals surface area contributed by atoms with Crippen molar-refractivity contribution in [2.45, 2.75) is 33.7 Å². The third-order valence-corrected chi connectivity index (χ3v) is 3.45. The minimum atomic E-state index is 0.410. The van der Waals surface area contributed by atoms with Crippen LogP contribution < -0.4 is 5.32 Å². The van der Waals surface area contributed by atoms with E-state index in [1.807, 2.05) is 7.05 Å². The molecular formula is C16H28N2. The molecule has 2 heteroatoms. The Labute approximate surface area is 112 Å². The van der Waals surface area contributed by atoms with Crippen molar-refractivity contribution >= 4 is 0 Å². The number of likely N-dealkylation sites (N-methyl/N-ethyl adjacent to an activating group) is 2. The van der Waals surface area contributed by atoms with Crippen molar-refractivity contribution < 1.29 is 0 Å². The van der Waals surface area contributed by atoms with Crippen molar-refractivity contribution in [2.24, 2.45) is 5.92 Å². The van der Waals surface area contributed by atoms with E-state index in [1.165, 1.54) is 16.7 Å². The molecule has 0 saturated carbocycles. The van der Waals surface area contributed by atoms with Gasteiger partial charge in [-0.25, -0.2) is 0 Å². The molecule has 102 valence electrons. The molecule has 1 aromatic rings. The van der Waals surface area contributed by atoms with E-state index in [9.17, 15) is 0 Å². The van der Waals surface area contributed by atoms with Crippen LogP contribution in [0, 0.1) is 19.8 Å². The number of benzene rings is 1. The number of aryl methyl sites for hydroxylation is 2. The van der Waals surface area contributed by atoms with E-state index in [1.54, 1.807) is 0 Å². The van der Waals surface area contributed by atoms with E-state index >= 15 is 0 Å². The summed E-state index contributed by atoms with van der Waals surface area (Å²) in [6.45, 7) is 11.1. The summed E-state index contributed by atoms with van der Waals surface area (Å²) < 4.78 is 0. The van der Waals surface area contributed by atoms with Crippen molar-refractivity contribution in [3.8, 4) is 0 Å². The van der Waals surface area contributed by atoms with Gasteiger partial charge in [0.1, 0.15) is 0 Å². The average molecular weight is 248 g/mol. The molecule has 0 radical (unpaired) electrons. The normalized spacial score (nSPS) is 13.3. The van der Waals surface area contributed by atoms with Crippen LogP contribution in [0.4, 0.5) is 0 Å². The highest BCUT2D eigenvalue weighted by atomic mass is 15.1. The van der Waals surface area contributed by atoms with Gasteiger partial charge in [-0.1, -0.05) is 32.0 Å². The molecule has 1 N–H and O–H groups in total. The molecule has 0 aliphatic rings. The van der Waals surface area contributed by atoms with Crippen molar-refractivity contribution in [1.82, 2.24) is 10.2 Å². The highest BCUT2D eigenvalue weighted by Crippen LogP contribution is 2.18. The van der Waals surface area contributed by atoms with E-state index in [4.69, 9.17) is 0 Å². The van der Waals surface area contributed by atoms with Gasteiger partial charge in [-0.05, 0) is 50.6 Å². The molecule has 0 spiro atoms. The van der Waals surface area contributed by atoms with Gasteiger partial charge in [0.15, 0.2) is 0 Å². The molecule has 0 heterocycles. The zero-order valence-corrected chi connectivity index (χ0v) is 12.7. The van der Waals surface area contributed by atoms with E-state index in [2.05, 4.69) is 63.2 Å². The summed E-state index contributed by atoms with van der Waals surface area (Å²) >= 11 is 0. The Bertz CT molecular complexity index is 371. The minimum Gasteiger partial charge on any atom is -0.312 e. The summed E-state index contributed by atoms with van der Waals surface area (Å²) in [5.41, 5.74) is 4.12. The predicted octanol–water partition coefficient (Wildman–Crippen LogP) is 3.15. The lowest BCUT2D eigenvalue weighted by Gasteiger charge is -2.26. The summed E-state index contributed by atoms with van der Waals surface area (Å²) in [7, 11) is 4.24. The number of nitrogens with zero attached hydrogens (tertiary/aromatic N) is 1. The standard InChI is InChI=1S/C16H28N2/c1-12(2)10-18(6)11-16(17-5)15-8-7-13(3)14(4)9-15/h7-9,12,16-17H,10-11H2,1-6H3. The maximum absolute atomic E-state index is 3.43.